The number of benzene rings is 1. The van der Waals surface area contributed by atoms with Crippen molar-refractivity contribution >= 4 is 11.8 Å². The molecule has 23 heavy (non-hydrogen) atoms. The van der Waals surface area contributed by atoms with Crippen LogP contribution >= 0.6 is 11.8 Å². The third kappa shape index (κ3) is 2.99. The normalized spacial score (nSPS) is 10.5. The van der Waals surface area contributed by atoms with E-state index in [1.165, 1.54) is 11.8 Å². The van der Waals surface area contributed by atoms with Crippen molar-refractivity contribution in [2.24, 2.45) is 7.05 Å². The van der Waals surface area contributed by atoms with E-state index >= 15 is 0 Å². The molecule has 1 aromatic carbocycles. The first kappa shape index (κ1) is 15.3. The fourth-order valence-electron chi connectivity index (χ4n) is 2.47. The van der Waals surface area contributed by atoms with Crippen LogP contribution in [-0.4, -0.2) is 14.5 Å². The number of nitrogens with zero attached hydrogens (tertiary/aromatic N) is 4. The SMILES string of the molecule is Cc1cc(Sc2ncc(-c3ccccc3)n2C)c(C#N)c(C)n1. The van der Waals surface area contributed by atoms with Gasteiger partial charge in [-0.1, -0.05) is 42.1 Å². The van der Waals surface area contributed by atoms with Gasteiger partial charge in [-0.25, -0.2) is 4.98 Å². The van der Waals surface area contributed by atoms with Gasteiger partial charge in [0.05, 0.1) is 23.1 Å². The monoisotopic (exact) mass is 320 g/mol. The van der Waals surface area contributed by atoms with Crippen LogP contribution in [0.15, 0.2) is 52.6 Å². The molecule has 2 aromatic heterocycles. The molecule has 0 aliphatic heterocycles. The van der Waals surface area contributed by atoms with Crippen molar-refractivity contribution < 1.29 is 0 Å². The Morgan fingerprint density at radius 1 is 1.17 bits per heavy atom. The minimum atomic E-state index is 0.616. The standard InChI is InChI=1S/C18H16N4S/c1-12-9-17(15(10-19)13(2)21-12)23-18-20-11-16(22(18)3)14-7-5-4-6-8-14/h4-9,11H,1-3H3. The minimum Gasteiger partial charge on any atom is -0.322 e. The van der Waals surface area contributed by atoms with Crippen molar-refractivity contribution in [3.63, 3.8) is 0 Å². The van der Waals surface area contributed by atoms with Gasteiger partial charge in [0.2, 0.25) is 0 Å². The van der Waals surface area contributed by atoms with Crippen LogP contribution in [0.1, 0.15) is 17.0 Å². The average Bonchev–Trinajstić information content (AvgIpc) is 2.89. The maximum absolute atomic E-state index is 9.39. The van der Waals surface area contributed by atoms with Gasteiger partial charge in [0.25, 0.3) is 0 Å². The summed E-state index contributed by atoms with van der Waals surface area (Å²) in [6.07, 6.45) is 1.87. The van der Waals surface area contributed by atoms with Crippen LogP contribution in [0.2, 0.25) is 0 Å². The Bertz CT molecular complexity index is 891. The molecule has 0 saturated carbocycles. The second-order valence-electron chi connectivity index (χ2n) is 5.29. The van der Waals surface area contributed by atoms with Crippen LogP contribution in [0.3, 0.4) is 0 Å². The van der Waals surface area contributed by atoms with E-state index in [0.29, 0.717) is 5.56 Å². The molecule has 0 amide bonds. The molecule has 3 aromatic rings. The van der Waals surface area contributed by atoms with Gasteiger partial charge in [0.1, 0.15) is 6.07 Å². The molecule has 0 aliphatic rings. The van der Waals surface area contributed by atoms with Gasteiger partial charge >= 0.3 is 0 Å². The molecule has 0 radical (unpaired) electrons. The van der Waals surface area contributed by atoms with Crippen molar-refractivity contribution in [2.75, 3.05) is 0 Å². The third-order valence-corrected chi connectivity index (χ3v) is 4.72. The Hall–Kier alpha value is -2.58. The average molecular weight is 320 g/mol. The Balaban J connectivity index is 2.00. The zero-order chi connectivity index (χ0) is 16.4. The summed E-state index contributed by atoms with van der Waals surface area (Å²) in [4.78, 5) is 9.77. The Morgan fingerprint density at radius 2 is 1.91 bits per heavy atom. The quantitative estimate of drug-likeness (QED) is 0.728. The number of hydrogen-bond donors (Lipinski definition) is 0. The lowest BCUT2D eigenvalue weighted by Crippen LogP contribution is -1.97. The van der Waals surface area contributed by atoms with Crippen LogP contribution in [-0.2, 0) is 7.05 Å². The summed E-state index contributed by atoms with van der Waals surface area (Å²) in [6, 6.07) is 14.3. The molecule has 0 N–H and O–H groups in total. The number of aryl methyl sites for hydroxylation is 2. The van der Waals surface area contributed by atoms with E-state index in [2.05, 4.69) is 28.2 Å². The molecule has 0 saturated heterocycles. The molecule has 2 heterocycles. The summed E-state index contributed by atoms with van der Waals surface area (Å²) >= 11 is 1.50. The molecule has 3 rings (SSSR count). The van der Waals surface area contributed by atoms with Gasteiger partial charge in [-0.05, 0) is 25.5 Å². The van der Waals surface area contributed by atoms with Crippen molar-refractivity contribution in [3.05, 3.63) is 59.5 Å². The van der Waals surface area contributed by atoms with Gasteiger partial charge in [0.15, 0.2) is 5.16 Å². The molecule has 0 fully saturated rings. The summed E-state index contributed by atoms with van der Waals surface area (Å²) in [5.41, 5.74) is 4.45. The summed E-state index contributed by atoms with van der Waals surface area (Å²) in [5.74, 6) is 0. The van der Waals surface area contributed by atoms with Crippen LogP contribution < -0.4 is 0 Å². The smallest absolute Gasteiger partial charge is 0.173 e. The molecule has 4 nitrogen and oxygen atoms in total. The number of hydrogen-bond acceptors (Lipinski definition) is 4. The fraction of sp³-hybridized carbons (Fsp3) is 0.167. The van der Waals surface area contributed by atoms with Crippen molar-refractivity contribution in [1.29, 1.82) is 5.26 Å². The van der Waals surface area contributed by atoms with Crippen LogP contribution in [0.4, 0.5) is 0 Å². The molecule has 114 valence electrons. The molecular weight excluding hydrogens is 304 g/mol. The Kier molecular flexibility index (Phi) is 4.18. The first-order valence-electron chi connectivity index (χ1n) is 7.23. The summed E-state index contributed by atoms with van der Waals surface area (Å²) < 4.78 is 2.05. The van der Waals surface area contributed by atoms with Crippen LogP contribution in [0.25, 0.3) is 11.3 Å². The maximum Gasteiger partial charge on any atom is 0.173 e. The number of aromatic nitrogens is 3. The lowest BCUT2D eigenvalue weighted by Gasteiger charge is -2.09. The van der Waals surface area contributed by atoms with E-state index in [1.54, 1.807) is 0 Å². The number of pyridine rings is 1. The predicted molar refractivity (Wildman–Crippen MR) is 91.2 cm³/mol. The highest BCUT2D eigenvalue weighted by Crippen LogP contribution is 2.33. The first-order chi connectivity index (χ1) is 11.1. The van der Waals surface area contributed by atoms with Gasteiger partial charge in [-0.2, -0.15) is 5.26 Å². The Morgan fingerprint density at radius 3 is 2.61 bits per heavy atom. The number of rotatable bonds is 3. The number of nitriles is 1. The van der Waals surface area contributed by atoms with E-state index < -0.39 is 0 Å². The van der Waals surface area contributed by atoms with Crippen LogP contribution in [0, 0.1) is 25.2 Å². The molecule has 5 heteroatoms. The van der Waals surface area contributed by atoms with E-state index in [1.807, 2.05) is 55.9 Å². The van der Waals surface area contributed by atoms with Gasteiger partial charge in [-0.15, -0.1) is 0 Å². The second-order valence-corrected chi connectivity index (χ2v) is 6.30. The third-order valence-electron chi connectivity index (χ3n) is 3.62. The van der Waals surface area contributed by atoms with Gasteiger partial charge in [-0.3, -0.25) is 4.98 Å². The van der Waals surface area contributed by atoms with E-state index in [0.717, 1.165) is 32.7 Å². The van der Waals surface area contributed by atoms with Gasteiger partial charge < -0.3 is 4.57 Å². The molecule has 0 unspecified atom stereocenters. The summed E-state index contributed by atoms with van der Waals surface area (Å²) in [6.45, 7) is 3.80. The lowest BCUT2D eigenvalue weighted by molar-refractivity contribution is 0.796. The van der Waals surface area contributed by atoms with Gasteiger partial charge in [0, 0.05) is 17.6 Å². The predicted octanol–water partition coefficient (Wildman–Crippen LogP) is 4.12. The largest absolute Gasteiger partial charge is 0.322 e. The highest BCUT2D eigenvalue weighted by molar-refractivity contribution is 7.99. The maximum atomic E-state index is 9.39. The molecule has 0 spiro atoms. The number of imidazole rings is 1. The van der Waals surface area contributed by atoms with Crippen molar-refractivity contribution in [3.8, 4) is 17.3 Å². The highest BCUT2D eigenvalue weighted by Gasteiger charge is 2.14. The zero-order valence-electron chi connectivity index (χ0n) is 13.2. The van der Waals surface area contributed by atoms with E-state index in [4.69, 9.17) is 0 Å². The molecular formula is C18H16N4S. The van der Waals surface area contributed by atoms with Crippen molar-refractivity contribution in [2.45, 2.75) is 23.9 Å². The molecule has 0 atom stereocenters. The molecule has 0 aliphatic carbocycles. The highest BCUT2D eigenvalue weighted by atomic mass is 32.2. The van der Waals surface area contributed by atoms with E-state index in [-0.39, 0.29) is 0 Å². The zero-order valence-corrected chi connectivity index (χ0v) is 14.1. The van der Waals surface area contributed by atoms with Crippen LogP contribution in [0.5, 0.6) is 0 Å². The minimum absolute atomic E-state index is 0.616. The topological polar surface area (TPSA) is 54.5 Å². The second kappa shape index (κ2) is 6.27. The molecule has 0 bridgehead atoms. The lowest BCUT2D eigenvalue weighted by atomic mass is 10.2. The van der Waals surface area contributed by atoms with Crippen molar-refractivity contribution in [1.82, 2.24) is 14.5 Å². The first-order valence-corrected chi connectivity index (χ1v) is 8.05. The summed E-state index contributed by atoms with van der Waals surface area (Å²) in [7, 11) is 1.99. The summed E-state index contributed by atoms with van der Waals surface area (Å²) in [5, 5.41) is 10.2. The van der Waals surface area contributed by atoms with E-state index in [9.17, 15) is 5.26 Å². The fourth-order valence-corrected chi connectivity index (χ4v) is 3.53. The Labute approximate surface area is 139 Å².